The van der Waals surface area contributed by atoms with E-state index in [1.54, 1.807) is 18.4 Å². The van der Waals surface area contributed by atoms with Crippen LogP contribution in [0.2, 0.25) is 0 Å². The third-order valence-corrected chi connectivity index (χ3v) is 3.79. The lowest BCUT2D eigenvalue weighted by Crippen LogP contribution is -2.28. The van der Waals surface area contributed by atoms with Gasteiger partial charge in [0.1, 0.15) is 17.1 Å². The normalized spacial score (nSPS) is 10.4. The van der Waals surface area contributed by atoms with E-state index in [1.165, 1.54) is 28.0 Å². The van der Waals surface area contributed by atoms with Gasteiger partial charge >= 0.3 is 0 Å². The first-order valence-corrected chi connectivity index (χ1v) is 6.76. The number of benzene rings is 1. The molecule has 4 nitrogen and oxygen atoms in total. The van der Waals surface area contributed by atoms with E-state index in [2.05, 4.69) is 0 Å². The topological polar surface area (TPSA) is 60.8 Å². The molecule has 1 aromatic carbocycles. The minimum Gasteiger partial charge on any atom is -0.507 e. The zero-order valence-corrected chi connectivity index (χ0v) is 11.4. The number of hydrogen-bond donors (Lipinski definition) is 2. The second-order valence-electron chi connectivity index (χ2n) is 4.23. The van der Waals surface area contributed by atoms with Gasteiger partial charge in [-0.1, -0.05) is 12.1 Å². The van der Waals surface area contributed by atoms with Crippen LogP contribution < -0.4 is 0 Å². The van der Waals surface area contributed by atoms with Crippen LogP contribution in [0.3, 0.4) is 0 Å². The number of nitrogens with zero attached hydrogens (tertiary/aromatic N) is 1. The van der Waals surface area contributed by atoms with Gasteiger partial charge in [-0.05, 0) is 30.0 Å². The first kappa shape index (κ1) is 13.4. The number of thiophene rings is 1. The van der Waals surface area contributed by atoms with Gasteiger partial charge in [0.15, 0.2) is 0 Å². The molecule has 0 atom stereocenters. The number of rotatable bonds is 4. The predicted octanol–water partition coefficient (Wildman–Crippen LogP) is 2.47. The van der Waals surface area contributed by atoms with Gasteiger partial charge in [0.2, 0.25) is 0 Å². The van der Waals surface area contributed by atoms with Gasteiger partial charge in [-0.3, -0.25) is 4.79 Å². The van der Waals surface area contributed by atoms with Crippen molar-refractivity contribution in [2.75, 3.05) is 13.6 Å². The smallest absolute Gasteiger partial charge is 0.261 e. The summed E-state index contributed by atoms with van der Waals surface area (Å²) < 4.78 is 0. The van der Waals surface area contributed by atoms with E-state index in [1.807, 2.05) is 17.5 Å². The van der Waals surface area contributed by atoms with Crippen LogP contribution in [-0.2, 0) is 6.42 Å². The Morgan fingerprint density at radius 3 is 2.47 bits per heavy atom. The second-order valence-corrected chi connectivity index (χ2v) is 5.26. The summed E-state index contributed by atoms with van der Waals surface area (Å²) in [6.45, 7) is 0.535. The molecule has 0 radical (unpaired) electrons. The molecular formula is C14H15NO3S. The molecule has 1 amide bonds. The Hall–Kier alpha value is -2.01. The van der Waals surface area contributed by atoms with Gasteiger partial charge in [0, 0.05) is 18.5 Å². The van der Waals surface area contributed by atoms with E-state index in [9.17, 15) is 15.0 Å². The molecule has 0 fully saturated rings. The first-order valence-electron chi connectivity index (χ1n) is 5.88. The molecule has 0 saturated carbocycles. The SMILES string of the molecule is CN(CCc1cccs1)C(=O)c1c(O)cccc1O. The maximum atomic E-state index is 12.2. The molecule has 0 bridgehead atoms. The van der Waals surface area contributed by atoms with E-state index in [-0.39, 0.29) is 23.0 Å². The van der Waals surface area contributed by atoms with E-state index in [4.69, 9.17) is 0 Å². The van der Waals surface area contributed by atoms with Crippen molar-refractivity contribution in [1.82, 2.24) is 4.90 Å². The van der Waals surface area contributed by atoms with Crippen molar-refractivity contribution in [3.8, 4) is 11.5 Å². The van der Waals surface area contributed by atoms with E-state index >= 15 is 0 Å². The maximum absolute atomic E-state index is 12.2. The number of hydrogen-bond acceptors (Lipinski definition) is 4. The standard InChI is InChI=1S/C14H15NO3S/c1-15(8-7-10-4-3-9-19-10)14(18)13-11(16)5-2-6-12(13)17/h2-6,9,16-17H,7-8H2,1H3. The third kappa shape index (κ3) is 3.06. The first-order chi connectivity index (χ1) is 9.09. The van der Waals surface area contributed by atoms with Crippen molar-refractivity contribution in [3.63, 3.8) is 0 Å². The van der Waals surface area contributed by atoms with Crippen LogP contribution in [0.4, 0.5) is 0 Å². The van der Waals surface area contributed by atoms with Crippen LogP contribution in [0.15, 0.2) is 35.7 Å². The van der Waals surface area contributed by atoms with Crippen LogP contribution in [0.5, 0.6) is 11.5 Å². The summed E-state index contributed by atoms with van der Waals surface area (Å²) in [5.41, 5.74) is -0.0452. The number of carbonyl (C=O) groups is 1. The highest BCUT2D eigenvalue weighted by Crippen LogP contribution is 2.27. The van der Waals surface area contributed by atoms with Gasteiger partial charge in [-0.25, -0.2) is 0 Å². The molecule has 2 aromatic rings. The Morgan fingerprint density at radius 1 is 1.21 bits per heavy atom. The van der Waals surface area contributed by atoms with E-state index < -0.39 is 0 Å². The lowest BCUT2D eigenvalue weighted by atomic mass is 10.1. The minimum atomic E-state index is -0.382. The Balaban J connectivity index is 2.06. The zero-order valence-electron chi connectivity index (χ0n) is 10.5. The molecule has 0 saturated heterocycles. The number of aromatic hydroxyl groups is 2. The maximum Gasteiger partial charge on any atom is 0.261 e. The van der Waals surface area contributed by atoms with Crippen LogP contribution in [0, 0.1) is 0 Å². The molecule has 0 unspecified atom stereocenters. The fraction of sp³-hybridized carbons (Fsp3) is 0.214. The average Bonchev–Trinajstić information content (AvgIpc) is 2.88. The summed E-state index contributed by atoms with van der Waals surface area (Å²) in [6, 6.07) is 8.25. The van der Waals surface area contributed by atoms with Crippen molar-refractivity contribution in [3.05, 3.63) is 46.2 Å². The lowest BCUT2D eigenvalue weighted by molar-refractivity contribution is 0.0790. The molecule has 1 heterocycles. The van der Waals surface area contributed by atoms with Crippen molar-refractivity contribution in [1.29, 1.82) is 0 Å². The molecule has 5 heteroatoms. The van der Waals surface area contributed by atoms with Gasteiger partial charge in [-0.2, -0.15) is 0 Å². The lowest BCUT2D eigenvalue weighted by Gasteiger charge is -2.18. The van der Waals surface area contributed by atoms with Crippen molar-refractivity contribution >= 4 is 17.2 Å². The zero-order chi connectivity index (χ0) is 13.8. The highest BCUT2D eigenvalue weighted by atomic mass is 32.1. The highest BCUT2D eigenvalue weighted by molar-refractivity contribution is 7.09. The number of amides is 1. The molecular weight excluding hydrogens is 262 g/mol. The quantitative estimate of drug-likeness (QED) is 0.902. The van der Waals surface area contributed by atoms with Crippen molar-refractivity contribution in [2.24, 2.45) is 0 Å². The number of phenolic OH excluding ortho intramolecular Hbond substituents is 2. The summed E-state index contributed by atoms with van der Waals surface area (Å²) in [4.78, 5) is 14.8. The molecule has 0 spiro atoms. The molecule has 0 aliphatic heterocycles. The summed E-state index contributed by atoms with van der Waals surface area (Å²) in [5.74, 6) is -0.784. The fourth-order valence-corrected chi connectivity index (χ4v) is 2.47. The Morgan fingerprint density at radius 2 is 1.89 bits per heavy atom. The molecule has 1 aromatic heterocycles. The van der Waals surface area contributed by atoms with Gasteiger partial charge in [-0.15, -0.1) is 11.3 Å². The van der Waals surface area contributed by atoms with Crippen LogP contribution in [0.1, 0.15) is 15.2 Å². The molecule has 19 heavy (non-hydrogen) atoms. The van der Waals surface area contributed by atoms with Gasteiger partial charge in [0.05, 0.1) is 0 Å². The van der Waals surface area contributed by atoms with Gasteiger partial charge < -0.3 is 15.1 Å². The molecule has 2 rings (SSSR count). The summed E-state index contributed by atoms with van der Waals surface area (Å²) in [7, 11) is 1.65. The Labute approximate surface area is 115 Å². The Bertz CT molecular complexity index is 546. The summed E-state index contributed by atoms with van der Waals surface area (Å²) in [5, 5.41) is 21.3. The van der Waals surface area contributed by atoms with Crippen molar-refractivity contribution in [2.45, 2.75) is 6.42 Å². The minimum absolute atomic E-state index is 0.0452. The van der Waals surface area contributed by atoms with E-state index in [0.29, 0.717) is 6.54 Å². The van der Waals surface area contributed by atoms with Crippen molar-refractivity contribution < 1.29 is 15.0 Å². The number of likely N-dealkylation sites (N-methyl/N-ethyl adjacent to an activating group) is 1. The van der Waals surface area contributed by atoms with Crippen LogP contribution >= 0.6 is 11.3 Å². The molecule has 0 aliphatic carbocycles. The van der Waals surface area contributed by atoms with E-state index in [0.717, 1.165) is 6.42 Å². The second kappa shape index (κ2) is 5.75. The molecule has 2 N–H and O–H groups in total. The monoisotopic (exact) mass is 277 g/mol. The fourth-order valence-electron chi connectivity index (χ4n) is 1.77. The number of carbonyl (C=O) groups excluding carboxylic acids is 1. The van der Waals surface area contributed by atoms with Gasteiger partial charge in [0.25, 0.3) is 5.91 Å². The summed E-state index contributed by atoms with van der Waals surface area (Å²) in [6.07, 6.45) is 0.758. The third-order valence-electron chi connectivity index (χ3n) is 2.85. The Kier molecular flexibility index (Phi) is 4.06. The predicted molar refractivity (Wildman–Crippen MR) is 74.8 cm³/mol. The summed E-state index contributed by atoms with van der Waals surface area (Å²) >= 11 is 1.64. The molecule has 0 aliphatic rings. The average molecular weight is 277 g/mol. The highest BCUT2D eigenvalue weighted by Gasteiger charge is 2.19. The largest absolute Gasteiger partial charge is 0.507 e. The number of phenols is 2. The molecule has 100 valence electrons. The van der Waals surface area contributed by atoms with Crippen LogP contribution in [-0.4, -0.2) is 34.6 Å². The van der Waals surface area contributed by atoms with Crippen LogP contribution in [0.25, 0.3) is 0 Å².